The zero-order valence-electron chi connectivity index (χ0n) is 9.30. The van der Waals surface area contributed by atoms with Crippen LogP contribution in [0, 0.1) is 0 Å². The molecule has 0 aromatic rings. The molecule has 0 bridgehead atoms. The van der Waals surface area contributed by atoms with E-state index >= 15 is 0 Å². The first kappa shape index (κ1) is 12.9. The fourth-order valence-corrected chi connectivity index (χ4v) is 0.992. The molecule has 0 rings (SSSR count). The van der Waals surface area contributed by atoms with Gasteiger partial charge in [0.05, 0.1) is 19.3 Å². The first-order chi connectivity index (χ1) is 6.20. The molecule has 3 heteroatoms. The standard InChI is InChI=1S/C10H23NO2/c1-5-10(3)13-7-6-11-9(2)8-12-4/h9-11H,5-8H2,1-4H3. The average Bonchev–Trinajstić information content (AvgIpc) is 2.12. The van der Waals surface area contributed by atoms with Crippen molar-refractivity contribution in [1.82, 2.24) is 5.32 Å². The summed E-state index contributed by atoms with van der Waals surface area (Å²) in [7, 11) is 1.72. The van der Waals surface area contributed by atoms with Gasteiger partial charge in [0, 0.05) is 19.7 Å². The molecule has 0 aromatic heterocycles. The molecule has 13 heavy (non-hydrogen) atoms. The largest absolute Gasteiger partial charge is 0.383 e. The van der Waals surface area contributed by atoms with Gasteiger partial charge in [0.15, 0.2) is 0 Å². The van der Waals surface area contributed by atoms with Gasteiger partial charge in [-0.15, -0.1) is 0 Å². The van der Waals surface area contributed by atoms with Gasteiger partial charge in [-0.2, -0.15) is 0 Å². The Bertz CT molecular complexity index is 109. The van der Waals surface area contributed by atoms with Crippen LogP contribution in [0.1, 0.15) is 27.2 Å². The molecular formula is C10H23NO2. The van der Waals surface area contributed by atoms with Gasteiger partial charge < -0.3 is 14.8 Å². The highest BCUT2D eigenvalue weighted by atomic mass is 16.5. The monoisotopic (exact) mass is 189 g/mol. The maximum atomic E-state index is 5.52. The Hall–Kier alpha value is -0.120. The van der Waals surface area contributed by atoms with Gasteiger partial charge >= 0.3 is 0 Å². The third kappa shape index (κ3) is 8.22. The van der Waals surface area contributed by atoms with Crippen molar-refractivity contribution in [3.8, 4) is 0 Å². The molecule has 0 aliphatic rings. The van der Waals surface area contributed by atoms with Gasteiger partial charge in [0.2, 0.25) is 0 Å². The van der Waals surface area contributed by atoms with Crippen LogP contribution >= 0.6 is 0 Å². The van der Waals surface area contributed by atoms with Crippen molar-refractivity contribution in [2.45, 2.75) is 39.3 Å². The van der Waals surface area contributed by atoms with Gasteiger partial charge in [-0.05, 0) is 20.3 Å². The second kappa shape index (κ2) is 8.48. The summed E-state index contributed by atoms with van der Waals surface area (Å²) in [5, 5.41) is 3.31. The number of rotatable bonds is 8. The molecule has 0 aliphatic heterocycles. The average molecular weight is 189 g/mol. The molecule has 0 aromatic carbocycles. The molecule has 0 saturated heterocycles. The van der Waals surface area contributed by atoms with Gasteiger partial charge in [0.25, 0.3) is 0 Å². The van der Waals surface area contributed by atoms with E-state index < -0.39 is 0 Å². The highest BCUT2D eigenvalue weighted by Gasteiger charge is 2.00. The molecular weight excluding hydrogens is 166 g/mol. The Labute approximate surface area is 81.8 Å². The summed E-state index contributed by atoms with van der Waals surface area (Å²) in [6.45, 7) is 8.76. The molecule has 0 spiro atoms. The maximum Gasteiger partial charge on any atom is 0.0613 e. The van der Waals surface area contributed by atoms with E-state index in [4.69, 9.17) is 9.47 Å². The Balaban J connectivity index is 3.15. The minimum atomic E-state index is 0.375. The molecule has 80 valence electrons. The molecule has 0 fully saturated rings. The van der Waals surface area contributed by atoms with E-state index in [0.29, 0.717) is 12.1 Å². The normalized spacial score (nSPS) is 15.7. The number of ether oxygens (including phenoxy) is 2. The van der Waals surface area contributed by atoms with Crippen molar-refractivity contribution in [1.29, 1.82) is 0 Å². The molecule has 2 atom stereocenters. The van der Waals surface area contributed by atoms with E-state index in [-0.39, 0.29) is 0 Å². The third-order valence-electron chi connectivity index (χ3n) is 1.99. The Morgan fingerprint density at radius 3 is 2.54 bits per heavy atom. The van der Waals surface area contributed by atoms with Gasteiger partial charge in [-0.1, -0.05) is 6.92 Å². The van der Waals surface area contributed by atoms with Gasteiger partial charge in [-0.25, -0.2) is 0 Å². The molecule has 0 aliphatic carbocycles. The lowest BCUT2D eigenvalue weighted by molar-refractivity contribution is 0.0624. The van der Waals surface area contributed by atoms with Crippen LogP contribution < -0.4 is 5.32 Å². The number of hydrogen-bond donors (Lipinski definition) is 1. The molecule has 0 saturated carbocycles. The van der Waals surface area contributed by atoms with E-state index in [1.54, 1.807) is 7.11 Å². The number of nitrogens with one attached hydrogen (secondary N) is 1. The Kier molecular flexibility index (Phi) is 8.40. The maximum absolute atomic E-state index is 5.52. The molecule has 0 radical (unpaired) electrons. The van der Waals surface area contributed by atoms with Crippen LogP contribution in [-0.4, -0.2) is 39.0 Å². The van der Waals surface area contributed by atoms with E-state index in [9.17, 15) is 0 Å². The summed E-state index contributed by atoms with van der Waals surface area (Å²) in [5.74, 6) is 0. The van der Waals surface area contributed by atoms with Crippen molar-refractivity contribution in [3.63, 3.8) is 0 Å². The zero-order valence-corrected chi connectivity index (χ0v) is 9.30. The minimum Gasteiger partial charge on any atom is -0.383 e. The molecule has 0 heterocycles. The van der Waals surface area contributed by atoms with Crippen LogP contribution in [0.25, 0.3) is 0 Å². The SMILES string of the molecule is CCC(C)OCCNC(C)COC. The first-order valence-electron chi connectivity index (χ1n) is 5.04. The van der Waals surface area contributed by atoms with E-state index in [2.05, 4.69) is 26.1 Å². The van der Waals surface area contributed by atoms with E-state index in [1.165, 1.54) is 0 Å². The lowest BCUT2D eigenvalue weighted by atomic mass is 10.3. The second-order valence-corrected chi connectivity index (χ2v) is 3.40. The smallest absolute Gasteiger partial charge is 0.0613 e. The highest BCUT2D eigenvalue weighted by molar-refractivity contribution is 4.58. The van der Waals surface area contributed by atoms with Crippen molar-refractivity contribution >= 4 is 0 Å². The van der Waals surface area contributed by atoms with Crippen LogP contribution in [0.5, 0.6) is 0 Å². The molecule has 3 nitrogen and oxygen atoms in total. The molecule has 2 unspecified atom stereocenters. The second-order valence-electron chi connectivity index (χ2n) is 3.40. The van der Waals surface area contributed by atoms with Crippen LogP contribution in [0.2, 0.25) is 0 Å². The molecule has 0 amide bonds. The minimum absolute atomic E-state index is 0.375. The van der Waals surface area contributed by atoms with Crippen LogP contribution in [0.4, 0.5) is 0 Å². The lowest BCUT2D eigenvalue weighted by Crippen LogP contribution is -2.33. The molecule has 1 N–H and O–H groups in total. The van der Waals surface area contributed by atoms with Gasteiger partial charge in [0.1, 0.15) is 0 Å². The van der Waals surface area contributed by atoms with E-state index in [0.717, 1.165) is 26.2 Å². The van der Waals surface area contributed by atoms with Crippen molar-refractivity contribution in [3.05, 3.63) is 0 Å². The topological polar surface area (TPSA) is 30.5 Å². The van der Waals surface area contributed by atoms with Crippen molar-refractivity contribution in [2.24, 2.45) is 0 Å². The van der Waals surface area contributed by atoms with E-state index in [1.807, 2.05) is 0 Å². The Morgan fingerprint density at radius 1 is 1.31 bits per heavy atom. The summed E-state index contributed by atoms with van der Waals surface area (Å²) in [6, 6.07) is 0.408. The summed E-state index contributed by atoms with van der Waals surface area (Å²) < 4.78 is 10.5. The van der Waals surface area contributed by atoms with Gasteiger partial charge in [-0.3, -0.25) is 0 Å². The van der Waals surface area contributed by atoms with Crippen LogP contribution in [-0.2, 0) is 9.47 Å². The van der Waals surface area contributed by atoms with Crippen molar-refractivity contribution in [2.75, 3.05) is 26.9 Å². The zero-order chi connectivity index (χ0) is 10.1. The lowest BCUT2D eigenvalue weighted by Gasteiger charge is -2.14. The quantitative estimate of drug-likeness (QED) is 0.586. The van der Waals surface area contributed by atoms with Crippen molar-refractivity contribution < 1.29 is 9.47 Å². The number of hydrogen-bond acceptors (Lipinski definition) is 3. The summed E-state index contributed by atoms with van der Waals surface area (Å²) in [4.78, 5) is 0. The summed E-state index contributed by atoms with van der Waals surface area (Å²) >= 11 is 0. The predicted octanol–water partition coefficient (Wildman–Crippen LogP) is 1.43. The first-order valence-corrected chi connectivity index (χ1v) is 5.04. The highest BCUT2D eigenvalue weighted by Crippen LogP contribution is 1.94. The predicted molar refractivity (Wildman–Crippen MR) is 55.0 cm³/mol. The number of methoxy groups -OCH3 is 1. The fourth-order valence-electron chi connectivity index (χ4n) is 0.992. The summed E-state index contributed by atoms with van der Waals surface area (Å²) in [5.41, 5.74) is 0. The summed E-state index contributed by atoms with van der Waals surface area (Å²) in [6.07, 6.45) is 1.45. The third-order valence-corrected chi connectivity index (χ3v) is 1.99. The van der Waals surface area contributed by atoms with Crippen LogP contribution in [0.3, 0.4) is 0 Å². The fraction of sp³-hybridized carbons (Fsp3) is 1.00. The van der Waals surface area contributed by atoms with Crippen LogP contribution in [0.15, 0.2) is 0 Å². The Morgan fingerprint density at radius 2 is 2.00 bits per heavy atom.